The van der Waals surface area contributed by atoms with E-state index in [9.17, 15) is 0 Å². The van der Waals surface area contributed by atoms with Gasteiger partial charge in [-0.2, -0.15) is 0 Å². The highest BCUT2D eigenvalue weighted by atomic mass is 16.5. The summed E-state index contributed by atoms with van der Waals surface area (Å²) in [5.74, 6) is 0. The highest BCUT2D eigenvalue weighted by Crippen LogP contribution is 2.24. The lowest BCUT2D eigenvalue weighted by Crippen LogP contribution is -2.54. The third-order valence-electron chi connectivity index (χ3n) is 4.81. The Morgan fingerprint density at radius 3 is 2.90 bits per heavy atom. The summed E-state index contributed by atoms with van der Waals surface area (Å²) >= 11 is 0. The van der Waals surface area contributed by atoms with Crippen LogP contribution in [0.25, 0.3) is 0 Å². The van der Waals surface area contributed by atoms with Crippen LogP contribution in [0.3, 0.4) is 0 Å². The number of benzene rings is 1. The van der Waals surface area contributed by atoms with Gasteiger partial charge in [-0.15, -0.1) is 0 Å². The molecule has 0 aromatic heterocycles. The van der Waals surface area contributed by atoms with Crippen molar-refractivity contribution in [1.82, 2.24) is 10.2 Å². The molecule has 2 fully saturated rings. The fourth-order valence-corrected chi connectivity index (χ4v) is 3.48. The fraction of sp³-hybridized carbons (Fsp3) is 0.647. The Hall–Kier alpha value is -0.900. The maximum Gasteiger partial charge on any atom is 0.0858 e. The number of likely N-dealkylation sites (N-methyl/N-ethyl adjacent to an activating group) is 1. The number of morpholine rings is 1. The average Bonchev–Trinajstić information content (AvgIpc) is 2.94. The Balaban J connectivity index is 1.62. The molecule has 2 saturated heterocycles. The summed E-state index contributed by atoms with van der Waals surface area (Å²) in [6, 6.07) is 9.95. The third-order valence-corrected chi connectivity index (χ3v) is 4.81. The summed E-state index contributed by atoms with van der Waals surface area (Å²) in [5, 5.41) is 3.46. The van der Waals surface area contributed by atoms with Crippen molar-refractivity contribution in [3.63, 3.8) is 0 Å². The second-order valence-electron chi connectivity index (χ2n) is 6.25. The summed E-state index contributed by atoms with van der Waals surface area (Å²) in [5.41, 5.74) is 2.71. The van der Waals surface area contributed by atoms with Gasteiger partial charge in [0.2, 0.25) is 0 Å². The number of hydrogen-bond donors (Lipinski definition) is 1. The fourth-order valence-electron chi connectivity index (χ4n) is 3.48. The maximum atomic E-state index is 6.14. The molecule has 2 aliphatic heterocycles. The molecule has 0 amide bonds. The molecule has 1 N–H and O–H groups in total. The predicted molar refractivity (Wildman–Crippen MR) is 82.1 cm³/mol. The summed E-state index contributed by atoms with van der Waals surface area (Å²) in [4.78, 5) is 2.62. The molecule has 3 unspecified atom stereocenters. The lowest BCUT2D eigenvalue weighted by Gasteiger charge is -2.39. The van der Waals surface area contributed by atoms with Crippen molar-refractivity contribution < 1.29 is 4.74 Å². The van der Waals surface area contributed by atoms with Crippen LogP contribution in [0.1, 0.15) is 24.0 Å². The summed E-state index contributed by atoms with van der Waals surface area (Å²) in [6.07, 6.45) is 4.01. The van der Waals surface area contributed by atoms with Gasteiger partial charge in [0, 0.05) is 18.6 Å². The number of fused-ring (bicyclic) bond motifs is 1. The van der Waals surface area contributed by atoms with Crippen LogP contribution in [0.15, 0.2) is 24.3 Å². The van der Waals surface area contributed by atoms with E-state index in [1.165, 1.54) is 30.5 Å². The second kappa shape index (κ2) is 6.25. The Morgan fingerprint density at radius 2 is 2.15 bits per heavy atom. The van der Waals surface area contributed by atoms with Gasteiger partial charge in [0.15, 0.2) is 0 Å². The molecular weight excluding hydrogens is 248 g/mol. The number of nitrogens with one attached hydrogen (secondary N) is 1. The standard InChI is InChI=1S/C17H26N2O/c1-13-5-7-14(8-6-13)10-16(18-2)17-11-19-9-3-4-15(19)12-20-17/h5-8,15-18H,3-4,9-12H2,1-2H3. The molecule has 3 rings (SSSR count). The highest BCUT2D eigenvalue weighted by molar-refractivity contribution is 5.22. The Labute approximate surface area is 122 Å². The molecule has 1 aromatic rings. The number of hydrogen-bond acceptors (Lipinski definition) is 3. The summed E-state index contributed by atoms with van der Waals surface area (Å²) in [6.45, 7) is 5.39. The smallest absolute Gasteiger partial charge is 0.0858 e. The van der Waals surface area contributed by atoms with Crippen molar-refractivity contribution in [3.05, 3.63) is 35.4 Å². The lowest BCUT2D eigenvalue weighted by atomic mass is 9.99. The topological polar surface area (TPSA) is 24.5 Å². The van der Waals surface area contributed by atoms with Crippen LogP contribution < -0.4 is 5.32 Å². The lowest BCUT2D eigenvalue weighted by molar-refractivity contribution is -0.0634. The van der Waals surface area contributed by atoms with Crippen LogP contribution in [0, 0.1) is 6.92 Å². The van der Waals surface area contributed by atoms with Crippen molar-refractivity contribution >= 4 is 0 Å². The number of aryl methyl sites for hydroxylation is 1. The first-order valence-corrected chi connectivity index (χ1v) is 7.84. The van der Waals surface area contributed by atoms with E-state index in [0.717, 1.165) is 19.6 Å². The van der Waals surface area contributed by atoms with Gasteiger partial charge < -0.3 is 10.1 Å². The van der Waals surface area contributed by atoms with E-state index in [-0.39, 0.29) is 0 Å². The minimum atomic E-state index is 0.315. The Bertz CT molecular complexity index is 431. The van der Waals surface area contributed by atoms with Crippen molar-refractivity contribution in [1.29, 1.82) is 0 Å². The minimum absolute atomic E-state index is 0.315. The van der Waals surface area contributed by atoms with Gasteiger partial charge in [0.1, 0.15) is 0 Å². The van der Waals surface area contributed by atoms with Gasteiger partial charge >= 0.3 is 0 Å². The normalized spacial score (nSPS) is 28.3. The average molecular weight is 274 g/mol. The van der Waals surface area contributed by atoms with Gasteiger partial charge in [-0.25, -0.2) is 0 Å². The molecule has 20 heavy (non-hydrogen) atoms. The third kappa shape index (κ3) is 3.05. The van der Waals surface area contributed by atoms with Crippen LogP contribution in [0.4, 0.5) is 0 Å². The van der Waals surface area contributed by atoms with Crippen molar-refractivity contribution in [3.8, 4) is 0 Å². The Kier molecular flexibility index (Phi) is 4.39. The van der Waals surface area contributed by atoms with Gasteiger partial charge in [-0.3, -0.25) is 4.90 Å². The molecule has 2 aliphatic rings. The first-order valence-electron chi connectivity index (χ1n) is 7.84. The van der Waals surface area contributed by atoms with E-state index in [2.05, 4.69) is 48.5 Å². The molecule has 110 valence electrons. The zero-order valence-electron chi connectivity index (χ0n) is 12.6. The van der Waals surface area contributed by atoms with Crippen LogP contribution in [0.2, 0.25) is 0 Å². The van der Waals surface area contributed by atoms with Gasteiger partial charge in [-0.1, -0.05) is 29.8 Å². The maximum absolute atomic E-state index is 6.14. The zero-order valence-corrected chi connectivity index (χ0v) is 12.6. The molecular formula is C17H26N2O. The first-order chi connectivity index (χ1) is 9.76. The zero-order chi connectivity index (χ0) is 13.9. The van der Waals surface area contributed by atoms with Crippen molar-refractivity contribution in [2.45, 2.75) is 44.4 Å². The molecule has 3 heteroatoms. The highest BCUT2D eigenvalue weighted by Gasteiger charge is 2.35. The largest absolute Gasteiger partial charge is 0.374 e. The van der Waals surface area contributed by atoms with Crippen LogP contribution in [-0.2, 0) is 11.2 Å². The van der Waals surface area contributed by atoms with E-state index in [4.69, 9.17) is 4.74 Å². The van der Waals surface area contributed by atoms with Crippen LogP contribution >= 0.6 is 0 Å². The van der Waals surface area contributed by atoms with Gasteiger partial charge in [-0.05, 0) is 45.3 Å². The van der Waals surface area contributed by atoms with Crippen LogP contribution in [0.5, 0.6) is 0 Å². The molecule has 0 spiro atoms. The molecule has 0 saturated carbocycles. The second-order valence-corrected chi connectivity index (χ2v) is 6.25. The quantitative estimate of drug-likeness (QED) is 0.909. The van der Waals surface area contributed by atoms with Crippen LogP contribution in [-0.4, -0.2) is 49.8 Å². The van der Waals surface area contributed by atoms with E-state index in [0.29, 0.717) is 18.2 Å². The minimum Gasteiger partial charge on any atom is -0.374 e. The predicted octanol–water partition coefficient (Wildman–Crippen LogP) is 1.99. The number of nitrogens with zero attached hydrogens (tertiary/aromatic N) is 1. The monoisotopic (exact) mass is 274 g/mol. The summed E-state index contributed by atoms with van der Waals surface area (Å²) in [7, 11) is 2.05. The molecule has 2 heterocycles. The summed E-state index contributed by atoms with van der Waals surface area (Å²) < 4.78 is 6.14. The van der Waals surface area contributed by atoms with Crippen molar-refractivity contribution in [2.75, 3.05) is 26.7 Å². The SMILES string of the molecule is CNC(Cc1ccc(C)cc1)C1CN2CCCC2CO1. The molecule has 1 aromatic carbocycles. The number of rotatable bonds is 4. The Morgan fingerprint density at radius 1 is 1.35 bits per heavy atom. The van der Waals surface area contributed by atoms with E-state index >= 15 is 0 Å². The molecule has 0 radical (unpaired) electrons. The van der Waals surface area contributed by atoms with Crippen molar-refractivity contribution in [2.24, 2.45) is 0 Å². The molecule has 3 nitrogen and oxygen atoms in total. The molecule has 0 bridgehead atoms. The molecule has 0 aliphatic carbocycles. The van der Waals surface area contributed by atoms with Gasteiger partial charge in [0.25, 0.3) is 0 Å². The van der Waals surface area contributed by atoms with E-state index in [1.54, 1.807) is 0 Å². The molecule has 3 atom stereocenters. The number of ether oxygens (including phenoxy) is 1. The first kappa shape index (κ1) is 14.1. The van der Waals surface area contributed by atoms with Gasteiger partial charge in [0.05, 0.1) is 12.7 Å². The van der Waals surface area contributed by atoms with E-state index < -0.39 is 0 Å². The van der Waals surface area contributed by atoms with E-state index in [1.807, 2.05) is 0 Å².